The van der Waals surface area contributed by atoms with E-state index in [0.29, 0.717) is 23.0 Å². The van der Waals surface area contributed by atoms with E-state index >= 15 is 0 Å². The number of halogens is 3. The van der Waals surface area contributed by atoms with Crippen molar-refractivity contribution in [1.29, 1.82) is 0 Å². The third-order valence-corrected chi connectivity index (χ3v) is 7.87. The van der Waals surface area contributed by atoms with Crippen molar-refractivity contribution in [1.82, 2.24) is 13.6 Å². The lowest BCUT2D eigenvalue weighted by Crippen LogP contribution is -2.40. The fraction of sp³-hybridized carbons (Fsp3) is 0.542. The number of benzene rings is 1. The van der Waals surface area contributed by atoms with Crippen LogP contribution in [0.2, 0.25) is 0 Å². The Morgan fingerprint density at radius 2 is 1.86 bits per heavy atom. The molecular formula is C24H32F3N3O4S. The second kappa shape index (κ2) is 11.7. The third-order valence-electron chi connectivity index (χ3n) is 6.38. The Bertz CT molecular complexity index is 1160. The normalized spacial score (nSPS) is 19.9. The first-order valence-corrected chi connectivity index (χ1v) is 13.0. The zero-order valence-electron chi connectivity index (χ0n) is 20.1. The van der Waals surface area contributed by atoms with Crippen LogP contribution in [0, 0.1) is 12.7 Å². The van der Waals surface area contributed by atoms with Gasteiger partial charge in [-0.3, -0.25) is 9.36 Å². The molecule has 1 heterocycles. The van der Waals surface area contributed by atoms with Crippen LogP contribution in [-0.2, 0) is 14.9 Å². The first-order chi connectivity index (χ1) is 16.5. The SMILES string of the molecule is Cc1cc([C@@H](CNS(=O)(=O)N(C)C)COC2CCC(c3cccc(F)c3)CC2)c(=O)n(C(F)F)c1. The average molecular weight is 516 g/mol. The summed E-state index contributed by atoms with van der Waals surface area (Å²) in [6.07, 6.45) is 3.98. The maximum absolute atomic E-state index is 13.6. The molecule has 1 aliphatic carbocycles. The Labute approximate surface area is 204 Å². The second-order valence-electron chi connectivity index (χ2n) is 9.16. The van der Waals surface area contributed by atoms with Gasteiger partial charge in [0.25, 0.3) is 15.8 Å². The average Bonchev–Trinajstić information content (AvgIpc) is 2.80. The number of ether oxygens (including phenoxy) is 1. The van der Waals surface area contributed by atoms with E-state index in [1.807, 2.05) is 6.07 Å². The predicted octanol–water partition coefficient (Wildman–Crippen LogP) is 3.91. The summed E-state index contributed by atoms with van der Waals surface area (Å²) in [7, 11) is -1.07. The van der Waals surface area contributed by atoms with E-state index in [1.54, 1.807) is 19.1 Å². The Balaban J connectivity index is 1.73. The first kappa shape index (κ1) is 27.4. The summed E-state index contributed by atoms with van der Waals surface area (Å²) in [5, 5.41) is 0. The van der Waals surface area contributed by atoms with Crippen molar-refractivity contribution >= 4 is 10.2 Å². The van der Waals surface area contributed by atoms with Crippen molar-refractivity contribution in [2.24, 2.45) is 0 Å². The number of pyridine rings is 1. The molecule has 11 heteroatoms. The highest BCUT2D eigenvalue weighted by atomic mass is 32.2. The van der Waals surface area contributed by atoms with E-state index < -0.39 is 28.2 Å². The quantitative estimate of drug-likeness (QED) is 0.520. The minimum absolute atomic E-state index is 0.00677. The molecule has 1 saturated carbocycles. The molecule has 1 atom stereocenters. The number of hydrogen-bond acceptors (Lipinski definition) is 4. The molecule has 1 aliphatic rings. The highest BCUT2D eigenvalue weighted by Crippen LogP contribution is 2.34. The van der Waals surface area contributed by atoms with E-state index in [0.717, 1.165) is 28.9 Å². The molecule has 0 bridgehead atoms. The zero-order valence-corrected chi connectivity index (χ0v) is 20.9. The van der Waals surface area contributed by atoms with Gasteiger partial charge >= 0.3 is 6.55 Å². The van der Waals surface area contributed by atoms with Gasteiger partial charge in [0.15, 0.2) is 0 Å². The molecular weight excluding hydrogens is 483 g/mol. The van der Waals surface area contributed by atoms with Crippen LogP contribution in [0.4, 0.5) is 13.2 Å². The molecule has 194 valence electrons. The monoisotopic (exact) mass is 515 g/mol. The maximum Gasteiger partial charge on any atom is 0.321 e. The van der Waals surface area contributed by atoms with Crippen molar-refractivity contribution in [2.75, 3.05) is 27.2 Å². The number of hydrogen-bond donors (Lipinski definition) is 1. The Morgan fingerprint density at radius 3 is 2.46 bits per heavy atom. The van der Waals surface area contributed by atoms with Crippen LogP contribution >= 0.6 is 0 Å². The Morgan fingerprint density at radius 1 is 1.17 bits per heavy atom. The second-order valence-corrected chi connectivity index (χ2v) is 11.1. The molecule has 0 unspecified atom stereocenters. The zero-order chi connectivity index (χ0) is 25.8. The molecule has 1 N–H and O–H groups in total. The molecule has 2 aromatic rings. The summed E-state index contributed by atoms with van der Waals surface area (Å²) in [4.78, 5) is 12.8. The van der Waals surface area contributed by atoms with Crippen molar-refractivity contribution in [3.8, 4) is 0 Å². The Hall–Kier alpha value is -2.21. The van der Waals surface area contributed by atoms with E-state index in [-0.39, 0.29) is 36.6 Å². The molecule has 35 heavy (non-hydrogen) atoms. The predicted molar refractivity (Wildman–Crippen MR) is 127 cm³/mol. The van der Waals surface area contributed by atoms with Gasteiger partial charge in [0.2, 0.25) is 0 Å². The van der Waals surface area contributed by atoms with E-state index in [4.69, 9.17) is 4.74 Å². The topological polar surface area (TPSA) is 80.6 Å². The van der Waals surface area contributed by atoms with Gasteiger partial charge in [-0.25, -0.2) is 9.11 Å². The first-order valence-electron chi connectivity index (χ1n) is 11.5. The van der Waals surface area contributed by atoms with Gasteiger partial charge in [0.05, 0.1) is 12.7 Å². The minimum Gasteiger partial charge on any atom is -0.378 e. The van der Waals surface area contributed by atoms with Crippen molar-refractivity contribution in [3.63, 3.8) is 0 Å². The number of nitrogens with zero attached hydrogens (tertiary/aromatic N) is 2. The van der Waals surface area contributed by atoms with E-state index in [9.17, 15) is 26.4 Å². The number of rotatable bonds is 10. The standard InChI is InChI=1S/C24H32F3N3O4S/c1-16-11-22(23(31)30(14-16)24(26)27)19(13-28-35(32,33)29(2)3)15-34-21-9-7-17(8-10-21)18-5-4-6-20(25)12-18/h4-6,11-12,14,17,19,21,24,28H,7-10,13,15H2,1-3H3/t17?,19-,21?/m0/s1. The van der Waals surface area contributed by atoms with Crippen molar-refractivity contribution in [2.45, 2.75) is 57.1 Å². The fourth-order valence-corrected chi connectivity index (χ4v) is 5.05. The molecule has 1 fully saturated rings. The van der Waals surface area contributed by atoms with Gasteiger partial charge in [0, 0.05) is 38.3 Å². The van der Waals surface area contributed by atoms with Gasteiger partial charge in [0.1, 0.15) is 5.82 Å². The summed E-state index contributed by atoms with van der Waals surface area (Å²) in [6.45, 7) is -1.61. The maximum atomic E-state index is 13.6. The van der Waals surface area contributed by atoms with Crippen LogP contribution in [0.5, 0.6) is 0 Å². The fourth-order valence-electron chi connectivity index (χ4n) is 4.38. The molecule has 7 nitrogen and oxygen atoms in total. The Kier molecular flexibility index (Phi) is 9.14. The number of nitrogens with one attached hydrogen (secondary N) is 1. The number of alkyl halides is 2. The highest BCUT2D eigenvalue weighted by molar-refractivity contribution is 7.87. The summed E-state index contributed by atoms with van der Waals surface area (Å²) in [5.74, 6) is -0.803. The van der Waals surface area contributed by atoms with Crippen LogP contribution in [0.3, 0.4) is 0 Å². The highest BCUT2D eigenvalue weighted by Gasteiger charge is 2.27. The van der Waals surface area contributed by atoms with Crippen LogP contribution in [-0.4, -0.2) is 50.6 Å². The molecule has 0 saturated heterocycles. The summed E-state index contributed by atoms with van der Waals surface area (Å²) < 4.78 is 74.7. The lowest BCUT2D eigenvalue weighted by Gasteiger charge is -2.30. The van der Waals surface area contributed by atoms with Gasteiger partial charge < -0.3 is 4.74 Å². The van der Waals surface area contributed by atoms with Gasteiger partial charge in [-0.2, -0.15) is 21.5 Å². The van der Waals surface area contributed by atoms with Gasteiger partial charge in [-0.05, 0) is 67.9 Å². The van der Waals surface area contributed by atoms with Gasteiger partial charge in [-0.1, -0.05) is 12.1 Å². The van der Waals surface area contributed by atoms with Crippen molar-refractivity contribution < 1.29 is 26.3 Å². The van der Waals surface area contributed by atoms with Crippen LogP contribution in [0.1, 0.15) is 60.8 Å². The van der Waals surface area contributed by atoms with Gasteiger partial charge in [-0.15, -0.1) is 0 Å². The third kappa shape index (κ3) is 7.16. The molecule has 3 rings (SSSR count). The summed E-state index contributed by atoms with van der Waals surface area (Å²) in [6, 6.07) is 8.06. The van der Waals surface area contributed by atoms with E-state index in [1.165, 1.54) is 26.2 Å². The molecule has 0 radical (unpaired) electrons. The lowest BCUT2D eigenvalue weighted by molar-refractivity contribution is 0.0164. The number of aromatic nitrogens is 1. The molecule has 1 aromatic heterocycles. The van der Waals surface area contributed by atoms with Crippen LogP contribution < -0.4 is 10.3 Å². The molecule has 0 aliphatic heterocycles. The molecule has 0 amide bonds. The largest absolute Gasteiger partial charge is 0.378 e. The van der Waals surface area contributed by atoms with Crippen LogP contribution in [0.25, 0.3) is 0 Å². The lowest BCUT2D eigenvalue weighted by atomic mass is 9.82. The van der Waals surface area contributed by atoms with Crippen LogP contribution in [0.15, 0.2) is 41.3 Å². The molecule has 0 spiro atoms. The smallest absolute Gasteiger partial charge is 0.321 e. The minimum atomic E-state index is -3.80. The number of aryl methyl sites for hydroxylation is 1. The summed E-state index contributed by atoms with van der Waals surface area (Å²) in [5.41, 5.74) is 0.598. The molecule has 1 aromatic carbocycles. The summed E-state index contributed by atoms with van der Waals surface area (Å²) >= 11 is 0. The van der Waals surface area contributed by atoms with Crippen molar-refractivity contribution in [3.05, 3.63) is 69.4 Å². The van der Waals surface area contributed by atoms with E-state index in [2.05, 4.69) is 4.72 Å².